The number of nitrogens with zero attached hydrogens (tertiary/aromatic N) is 1. The van der Waals surface area contributed by atoms with Crippen LogP contribution >= 0.6 is 11.3 Å². The SMILES string of the molecule is O=S(=O)(c1cccs1)N1CCC(Nc2cccc(Cc3ccccc3)c2)CC1. The number of thiophene rings is 1. The van der Waals surface area contributed by atoms with E-state index in [1.54, 1.807) is 16.4 Å². The molecule has 4 nitrogen and oxygen atoms in total. The fourth-order valence-electron chi connectivity index (χ4n) is 3.62. The zero-order chi connectivity index (χ0) is 19.4. The van der Waals surface area contributed by atoms with Gasteiger partial charge < -0.3 is 5.32 Å². The van der Waals surface area contributed by atoms with Gasteiger partial charge in [-0.3, -0.25) is 0 Å². The van der Waals surface area contributed by atoms with Crippen LogP contribution in [0.4, 0.5) is 5.69 Å². The summed E-state index contributed by atoms with van der Waals surface area (Å²) in [7, 11) is -3.33. The van der Waals surface area contributed by atoms with E-state index >= 15 is 0 Å². The Labute approximate surface area is 170 Å². The van der Waals surface area contributed by atoms with Gasteiger partial charge in [0.15, 0.2) is 0 Å². The number of benzene rings is 2. The van der Waals surface area contributed by atoms with Gasteiger partial charge in [0, 0.05) is 24.8 Å². The van der Waals surface area contributed by atoms with Gasteiger partial charge in [-0.2, -0.15) is 4.31 Å². The molecule has 6 heteroatoms. The first-order chi connectivity index (χ1) is 13.6. The Hall–Kier alpha value is -2.15. The van der Waals surface area contributed by atoms with Gasteiger partial charge in [0.05, 0.1) is 0 Å². The minimum atomic E-state index is -3.33. The molecule has 1 saturated heterocycles. The van der Waals surface area contributed by atoms with Crippen LogP contribution in [0.1, 0.15) is 24.0 Å². The topological polar surface area (TPSA) is 49.4 Å². The van der Waals surface area contributed by atoms with Gasteiger partial charge in [0.2, 0.25) is 0 Å². The third-order valence-corrected chi connectivity index (χ3v) is 8.36. The first kappa shape index (κ1) is 19.2. The van der Waals surface area contributed by atoms with E-state index in [4.69, 9.17) is 0 Å². The molecule has 3 aromatic rings. The van der Waals surface area contributed by atoms with E-state index in [1.807, 2.05) is 11.4 Å². The quantitative estimate of drug-likeness (QED) is 0.643. The Morgan fingerprint density at radius 3 is 2.39 bits per heavy atom. The Morgan fingerprint density at radius 2 is 1.68 bits per heavy atom. The summed E-state index contributed by atoms with van der Waals surface area (Å²) in [5.74, 6) is 0. The van der Waals surface area contributed by atoms with Gasteiger partial charge in [-0.15, -0.1) is 11.3 Å². The lowest BCUT2D eigenvalue weighted by molar-refractivity contribution is 0.330. The summed E-state index contributed by atoms with van der Waals surface area (Å²) in [4.78, 5) is 0. The van der Waals surface area contributed by atoms with Gasteiger partial charge in [-0.1, -0.05) is 48.5 Å². The number of nitrogens with one attached hydrogen (secondary N) is 1. The molecule has 0 saturated carbocycles. The molecule has 1 fully saturated rings. The van der Waals surface area contributed by atoms with Crippen molar-refractivity contribution in [1.82, 2.24) is 4.31 Å². The van der Waals surface area contributed by atoms with Gasteiger partial charge in [0.25, 0.3) is 10.0 Å². The Bertz CT molecular complexity index is 994. The summed E-state index contributed by atoms with van der Waals surface area (Å²) >= 11 is 1.28. The highest BCUT2D eigenvalue weighted by Crippen LogP contribution is 2.25. The van der Waals surface area contributed by atoms with E-state index in [2.05, 4.69) is 53.8 Å². The van der Waals surface area contributed by atoms with Crippen LogP contribution in [0.25, 0.3) is 0 Å². The Kier molecular flexibility index (Phi) is 5.80. The molecule has 2 aromatic carbocycles. The highest BCUT2D eigenvalue weighted by Gasteiger charge is 2.29. The molecule has 0 atom stereocenters. The largest absolute Gasteiger partial charge is 0.382 e. The first-order valence-electron chi connectivity index (χ1n) is 9.54. The van der Waals surface area contributed by atoms with Crippen LogP contribution in [0, 0.1) is 0 Å². The number of rotatable bonds is 6. The van der Waals surface area contributed by atoms with Crippen LogP contribution in [-0.2, 0) is 16.4 Å². The fourth-order valence-corrected chi connectivity index (χ4v) is 6.23. The number of piperidine rings is 1. The van der Waals surface area contributed by atoms with E-state index in [0.717, 1.165) is 24.9 Å². The lowest BCUT2D eigenvalue weighted by Gasteiger charge is -2.31. The van der Waals surface area contributed by atoms with E-state index in [9.17, 15) is 8.42 Å². The molecule has 2 heterocycles. The molecule has 0 aliphatic carbocycles. The summed E-state index contributed by atoms with van der Waals surface area (Å²) < 4.78 is 27.3. The molecule has 1 aliphatic heterocycles. The second-order valence-corrected chi connectivity index (χ2v) is 10.2. The fraction of sp³-hybridized carbons (Fsp3) is 0.273. The second kappa shape index (κ2) is 8.47. The second-order valence-electron chi connectivity index (χ2n) is 7.12. The minimum absolute atomic E-state index is 0.293. The predicted octanol–water partition coefficient (Wildman–Crippen LogP) is 4.60. The number of hydrogen-bond donors (Lipinski definition) is 1. The van der Waals surface area contributed by atoms with Crippen molar-refractivity contribution < 1.29 is 8.42 Å². The molecule has 1 aromatic heterocycles. The highest BCUT2D eigenvalue weighted by molar-refractivity contribution is 7.91. The van der Waals surface area contributed by atoms with Crippen molar-refractivity contribution >= 4 is 27.0 Å². The van der Waals surface area contributed by atoms with Crippen molar-refractivity contribution in [2.75, 3.05) is 18.4 Å². The van der Waals surface area contributed by atoms with Crippen LogP contribution in [0.3, 0.4) is 0 Å². The highest BCUT2D eigenvalue weighted by atomic mass is 32.2. The van der Waals surface area contributed by atoms with Crippen molar-refractivity contribution in [2.24, 2.45) is 0 Å². The molecule has 1 N–H and O–H groups in total. The maximum absolute atomic E-state index is 12.6. The third kappa shape index (κ3) is 4.46. The molecular formula is C22H24N2O2S2. The molecule has 1 aliphatic rings. The van der Waals surface area contributed by atoms with Crippen molar-refractivity contribution in [2.45, 2.75) is 29.5 Å². The molecule has 28 heavy (non-hydrogen) atoms. The zero-order valence-corrected chi connectivity index (χ0v) is 17.3. The van der Waals surface area contributed by atoms with Crippen molar-refractivity contribution in [1.29, 1.82) is 0 Å². The van der Waals surface area contributed by atoms with Crippen LogP contribution in [0.5, 0.6) is 0 Å². The normalized spacial score (nSPS) is 16.1. The lowest BCUT2D eigenvalue weighted by atomic mass is 10.0. The molecule has 146 valence electrons. The smallest absolute Gasteiger partial charge is 0.252 e. The standard InChI is InChI=1S/C22H24N2O2S2/c25-28(26,22-10-5-15-27-22)24-13-11-20(12-14-24)23-21-9-4-8-19(17-21)16-18-6-2-1-3-7-18/h1-10,15,17,20,23H,11-14,16H2. The average molecular weight is 413 g/mol. The van der Waals surface area contributed by atoms with Crippen LogP contribution in [-0.4, -0.2) is 31.9 Å². The van der Waals surface area contributed by atoms with Crippen LogP contribution in [0.15, 0.2) is 76.3 Å². The summed E-state index contributed by atoms with van der Waals surface area (Å²) in [5.41, 5.74) is 3.67. The summed E-state index contributed by atoms with van der Waals surface area (Å²) in [6.45, 7) is 1.11. The van der Waals surface area contributed by atoms with E-state index in [0.29, 0.717) is 23.3 Å². The van der Waals surface area contributed by atoms with E-state index < -0.39 is 10.0 Å². The maximum atomic E-state index is 12.6. The monoisotopic (exact) mass is 412 g/mol. The first-order valence-corrected chi connectivity index (χ1v) is 11.9. The van der Waals surface area contributed by atoms with Crippen LogP contribution < -0.4 is 5.32 Å². The minimum Gasteiger partial charge on any atom is -0.382 e. The zero-order valence-electron chi connectivity index (χ0n) is 15.6. The number of sulfonamides is 1. The molecule has 0 spiro atoms. The third-order valence-electron chi connectivity index (χ3n) is 5.09. The van der Waals surface area contributed by atoms with Gasteiger partial charge in [0.1, 0.15) is 4.21 Å². The molecule has 0 bridgehead atoms. The van der Waals surface area contributed by atoms with Gasteiger partial charge >= 0.3 is 0 Å². The molecule has 0 amide bonds. The maximum Gasteiger partial charge on any atom is 0.252 e. The lowest BCUT2D eigenvalue weighted by Crippen LogP contribution is -2.42. The summed E-state index contributed by atoms with van der Waals surface area (Å²) in [6, 6.07) is 22.7. The average Bonchev–Trinajstić information content (AvgIpc) is 3.25. The number of hydrogen-bond acceptors (Lipinski definition) is 4. The van der Waals surface area contributed by atoms with Crippen molar-refractivity contribution in [3.8, 4) is 0 Å². The van der Waals surface area contributed by atoms with Gasteiger partial charge in [-0.05, 0) is 54.0 Å². The van der Waals surface area contributed by atoms with Crippen molar-refractivity contribution in [3.63, 3.8) is 0 Å². The predicted molar refractivity (Wildman–Crippen MR) is 115 cm³/mol. The molecule has 0 radical (unpaired) electrons. The molecule has 0 unspecified atom stereocenters. The Balaban J connectivity index is 1.36. The summed E-state index contributed by atoms with van der Waals surface area (Å²) in [6.07, 6.45) is 2.54. The van der Waals surface area contributed by atoms with Crippen molar-refractivity contribution in [3.05, 3.63) is 83.2 Å². The number of anilines is 1. The van der Waals surface area contributed by atoms with Gasteiger partial charge in [-0.25, -0.2) is 8.42 Å². The van der Waals surface area contributed by atoms with E-state index in [-0.39, 0.29) is 0 Å². The molecule has 4 rings (SSSR count). The van der Waals surface area contributed by atoms with E-state index in [1.165, 1.54) is 22.5 Å². The Morgan fingerprint density at radius 1 is 0.929 bits per heavy atom. The molecular weight excluding hydrogens is 388 g/mol. The summed E-state index contributed by atoms with van der Waals surface area (Å²) in [5, 5.41) is 5.40. The van der Waals surface area contributed by atoms with Crippen LogP contribution in [0.2, 0.25) is 0 Å².